The first-order valence-corrected chi connectivity index (χ1v) is 7.81. The van der Waals surface area contributed by atoms with E-state index in [-0.39, 0.29) is 10.7 Å². The third kappa shape index (κ3) is 3.56. The van der Waals surface area contributed by atoms with Crippen LogP contribution in [0.3, 0.4) is 0 Å². The molecule has 1 aromatic heterocycles. The molecule has 0 fully saturated rings. The second-order valence-corrected chi connectivity index (χ2v) is 7.31. The smallest absolute Gasteiger partial charge is 0.232 e. The standard InChI is InChI=1S/C19H22ClNO/c1-18(2,3)15-7-9-16(10-8-15)19(4,17(20)22)12-14-6-5-11-21-13-14/h5-11,13H,12H2,1-4H3. The number of nitrogens with zero attached hydrogens (tertiary/aromatic N) is 1. The highest BCUT2D eigenvalue weighted by molar-refractivity contribution is 6.65. The molecule has 0 amide bonds. The van der Waals surface area contributed by atoms with Crippen LogP contribution in [0, 0.1) is 0 Å². The van der Waals surface area contributed by atoms with Gasteiger partial charge in [-0.2, -0.15) is 0 Å². The first-order chi connectivity index (χ1) is 10.2. The quantitative estimate of drug-likeness (QED) is 0.769. The molecule has 2 nitrogen and oxygen atoms in total. The zero-order valence-electron chi connectivity index (χ0n) is 13.6. The van der Waals surface area contributed by atoms with E-state index in [4.69, 9.17) is 11.6 Å². The number of hydrogen-bond acceptors (Lipinski definition) is 2. The minimum atomic E-state index is -0.749. The summed E-state index contributed by atoms with van der Waals surface area (Å²) in [5.41, 5.74) is 2.51. The molecule has 1 heterocycles. The average molecular weight is 316 g/mol. The molecule has 0 N–H and O–H groups in total. The number of pyridine rings is 1. The van der Waals surface area contributed by atoms with Gasteiger partial charge in [0, 0.05) is 12.4 Å². The van der Waals surface area contributed by atoms with Crippen molar-refractivity contribution in [2.75, 3.05) is 0 Å². The second-order valence-electron chi connectivity index (χ2n) is 6.97. The third-order valence-electron chi connectivity index (χ3n) is 4.10. The van der Waals surface area contributed by atoms with E-state index in [1.54, 1.807) is 12.4 Å². The minimum absolute atomic E-state index is 0.0866. The van der Waals surface area contributed by atoms with Gasteiger partial charge in [0.05, 0.1) is 5.41 Å². The van der Waals surface area contributed by atoms with Gasteiger partial charge < -0.3 is 0 Å². The van der Waals surface area contributed by atoms with Crippen LogP contribution < -0.4 is 0 Å². The molecule has 0 saturated carbocycles. The fourth-order valence-electron chi connectivity index (χ4n) is 2.53. The van der Waals surface area contributed by atoms with Gasteiger partial charge >= 0.3 is 0 Å². The van der Waals surface area contributed by atoms with Gasteiger partial charge in [0.25, 0.3) is 0 Å². The lowest BCUT2D eigenvalue weighted by Gasteiger charge is -2.27. The van der Waals surface area contributed by atoms with E-state index in [2.05, 4.69) is 37.9 Å². The van der Waals surface area contributed by atoms with Crippen molar-refractivity contribution in [3.8, 4) is 0 Å². The van der Waals surface area contributed by atoms with Crippen LogP contribution in [0.2, 0.25) is 0 Å². The minimum Gasteiger partial charge on any atom is -0.280 e. The summed E-state index contributed by atoms with van der Waals surface area (Å²) < 4.78 is 0. The lowest BCUT2D eigenvalue weighted by Crippen LogP contribution is -2.32. The van der Waals surface area contributed by atoms with Crippen molar-refractivity contribution < 1.29 is 4.79 Å². The summed E-state index contributed by atoms with van der Waals surface area (Å²) in [7, 11) is 0. The molecule has 0 bridgehead atoms. The van der Waals surface area contributed by atoms with Crippen molar-refractivity contribution in [2.24, 2.45) is 0 Å². The Morgan fingerprint density at radius 3 is 2.09 bits per heavy atom. The van der Waals surface area contributed by atoms with Gasteiger partial charge in [-0.25, -0.2) is 0 Å². The fourth-order valence-corrected chi connectivity index (χ4v) is 2.71. The van der Waals surface area contributed by atoms with Crippen LogP contribution in [0.15, 0.2) is 48.8 Å². The Balaban J connectivity index is 2.37. The van der Waals surface area contributed by atoms with Gasteiger partial charge in [0.2, 0.25) is 5.24 Å². The van der Waals surface area contributed by atoms with Gasteiger partial charge in [-0.1, -0.05) is 51.1 Å². The van der Waals surface area contributed by atoms with Crippen LogP contribution in [0.1, 0.15) is 44.4 Å². The molecule has 116 valence electrons. The van der Waals surface area contributed by atoms with Gasteiger partial charge in [0.15, 0.2) is 0 Å². The normalized spacial score (nSPS) is 14.4. The van der Waals surface area contributed by atoms with Crippen molar-refractivity contribution in [1.82, 2.24) is 4.98 Å². The van der Waals surface area contributed by atoms with Gasteiger partial charge in [0.1, 0.15) is 0 Å². The molecule has 0 saturated heterocycles. The molecular formula is C19H22ClNO. The third-order valence-corrected chi connectivity index (χ3v) is 4.52. The summed E-state index contributed by atoms with van der Waals surface area (Å²) in [6, 6.07) is 12.0. The Bertz CT molecular complexity index is 643. The van der Waals surface area contributed by atoms with E-state index in [9.17, 15) is 4.79 Å². The first kappa shape index (κ1) is 16.7. The first-order valence-electron chi connectivity index (χ1n) is 7.43. The SMILES string of the molecule is CC(C)(C)c1ccc(C(C)(Cc2cccnc2)C(=O)Cl)cc1. The summed E-state index contributed by atoms with van der Waals surface area (Å²) in [5, 5.41) is -0.347. The average Bonchev–Trinajstić information content (AvgIpc) is 2.47. The van der Waals surface area contributed by atoms with Gasteiger partial charge in [-0.05, 0) is 53.1 Å². The van der Waals surface area contributed by atoms with Crippen LogP contribution >= 0.6 is 11.6 Å². The zero-order valence-corrected chi connectivity index (χ0v) is 14.3. The maximum atomic E-state index is 12.1. The predicted molar refractivity (Wildman–Crippen MR) is 91.3 cm³/mol. The van der Waals surface area contributed by atoms with Crippen molar-refractivity contribution in [3.05, 3.63) is 65.5 Å². The summed E-state index contributed by atoms with van der Waals surface area (Å²) in [6.07, 6.45) is 4.04. The van der Waals surface area contributed by atoms with Crippen molar-refractivity contribution in [3.63, 3.8) is 0 Å². The van der Waals surface area contributed by atoms with Gasteiger partial charge in [-0.15, -0.1) is 0 Å². The predicted octanol–water partition coefficient (Wildman–Crippen LogP) is 4.64. The maximum absolute atomic E-state index is 12.1. The van der Waals surface area contributed by atoms with Crippen LogP contribution in [0.4, 0.5) is 0 Å². The summed E-state index contributed by atoms with van der Waals surface area (Å²) >= 11 is 5.94. The number of halogens is 1. The highest BCUT2D eigenvalue weighted by atomic mass is 35.5. The topological polar surface area (TPSA) is 30.0 Å². The van der Waals surface area contributed by atoms with Crippen LogP contribution in [0.25, 0.3) is 0 Å². The molecule has 0 aliphatic carbocycles. The molecule has 1 aromatic carbocycles. The highest BCUT2D eigenvalue weighted by Crippen LogP contribution is 2.32. The molecular weight excluding hydrogens is 294 g/mol. The van der Waals surface area contributed by atoms with Crippen molar-refractivity contribution >= 4 is 16.8 Å². The molecule has 3 heteroatoms. The van der Waals surface area contributed by atoms with Crippen LogP contribution in [0.5, 0.6) is 0 Å². The molecule has 2 aromatic rings. The summed E-state index contributed by atoms with van der Waals surface area (Å²) in [5.74, 6) is 0. The van der Waals surface area contributed by atoms with Gasteiger partial charge in [-0.3, -0.25) is 9.78 Å². The number of benzene rings is 1. The Kier molecular flexibility index (Phi) is 4.72. The molecule has 0 aliphatic rings. The molecule has 1 atom stereocenters. The highest BCUT2D eigenvalue weighted by Gasteiger charge is 2.34. The summed E-state index contributed by atoms with van der Waals surface area (Å²) in [6.45, 7) is 8.40. The van der Waals surface area contributed by atoms with Crippen molar-refractivity contribution in [1.29, 1.82) is 0 Å². The number of aromatic nitrogens is 1. The summed E-state index contributed by atoms with van der Waals surface area (Å²) in [4.78, 5) is 16.2. The number of hydrogen-bond donors (Lipinski definition) is 0. The lowest BCUT2D eigenvalue weighted by atomic mass is 9.77. The monoisotopic (exact) mass is 315 g/mol. The van der Waals surface area contributed by atoms with E-state index in [1.165, 1.54) is 5.56 Å². The van der Waals surface area contributed by atoms with E-state index in [1.807, 2.05) is 31.2 Å². The number of carbonyl (C=O) groups excluding carboxylic acids is 1. The largest absolute Gasteiger partial charge is 0.280 e. The number of rotatable bonds is 4. The molecule has 22 heavy (non-hydrogen) atoms. The Morgan fingerprint density at radius 1 is 1.05 bits per heavy atom. The molecule has 1 unspecified atom stereocenters. The fraction of sp³-hybridized carbons (Fsp3) is 0.368. The Labute approximate surface area is 137 Å². The van der Waals surface area contributed by atoms with E-state index < -0.39 is 5.41 Å². The Morgan fingerprint density at radius 2 is 1.64 bits per heavy atom. The second kappa shape index (κ2) is 6.21. The van der Waals surface area contributed by atoms with E-state index in [0.29, 0.717) is 6.42 Å². The van der Waals surface area contributed by atoms with E-state index >= 15 is 0 Å². The maximum Gasteiger partial charge on any atom is 0.232 e. The molecule has 0 aliphatic heterocycles. The van der Waals surface area contributed by atoms with E-state index in [0.717, 1.165) is 11.1 Å². The molecule has 2 rings (SSSR count). The van der Waals surface area contributed by atoms with Crippen LogP contribution in [-0.2, 0) is 22.0 Å². The number of carbonyl (C=O) groups is 1. The zero-order chi connectivity index (χ0) is 16.4. The molecule has 0 spiro atoms. The lowest BCUT2D eigenvalue weighted by molar-refractivity contribution is -0.116. The Hall–Kier alpha value is -1.67. The van der Waals surface area contributed by atoms with Crippen molar-refractivity contribution in [2.45, 2.75) is 44.9 Å². The molecule has 0 radical (unpaired) electrons. The van der Waals surface area contributed by atoms with Crippen LogP contribution in [-0.4, -0.2) is 10.2 Å².